The molecule has 204 valence electrons. The van der Waals surface area contributed by atoms with E-state index in [9.17, 15) is 45.3 Å². The Labute approximate surface area is 213 Å². The Balaban J connectivity index is 1.64. The highest BCUT2D eigenvalue weighted by Gasteiger charge is 2.46. The van der Waals surface area contributed by atoms with Gasteiger partial charge >= 0.3 is 11.9 Å². The van der Waals surface area contributed by atoms with Crippen LogP contribution in [0.15, 0.2) is 36.1 Å². The Morgan fingerprint density at radius 2 is 1.66 bits per heavy atom. The van der Waals surface area contributed by atoms with Crippen LogP contribution in [0.25, 0.3) is 5.76 Å². The standard InChI is InChI=1S/C24H24O14/c25-10-4-13(27)11-6-16(23(36-15(11)5-10)9-1-2-12(26)14(28)3-9)37-24-22(34)21(33)20(32)17(38-24)8-35-19(31)7-18(29)30/h1-5,17,20-22,24-28,32-34H,6-8H2,(H,29,30)/t17-,20-,21+,22-,24-/m1/s1. The van der Waals surface area contributed by atoms with Crippen molar-refractivity contribution in [3.63, 3.8) is 0 Å². The molecule has 0 unspecified atom stereocenters. The third-order valence-corrected chi connectivity index (χ3v) is 5.84. The number of benzene rings is 2. The highest BCUT2D eigenvalue weighted by molar-refractivity contribution is 5.90. The summed E-state index contributed by atoms with van der Waals surface area (Å²) in [4.78, 5) is 22.2. The van der Waals surface area contributed by atoms with Crippen molar-refractivity contribution in [2.24, 2.45) is 0 Å². The molecule has 0 spiro atoms. The first-order valence-corrected chi connectivity index (χ1v) is 11.2. The Kier molecular flexibility index (Phi) is 7.50. The minimum atomic E-state index is -1.83. The molecule has 0 aromatic heterocycles. The summed E-state index contributed by atoms with van der Waals surface area (Å²) in [6, 6.07) is 5.96. The fourth-order valence-electron chi connectivity index (χ4n) is 3.91. The first-order chi connectivity index (χ1) is 17.9. The average Bonchev–Trinajstić information content (AvgIpc) is 2.84. The van der Waals surface area contributed by atoms with Gasteiger partial charge in [-0.2, -0.15) is 0 Å². The van der Waals surface area contributed by atoms with E-state index in [4.69, 9.17) is 24.1 Å². The van der Waals surface area contributed by atoms with Gasteiger partial charge in [0.2, 0.25) is 6.29 Å². The van der Waals surface area contributed by atoms with E-state index >= 15 is 0 Å². The molecular formula is C24H24O14. The zero-order chi connectivity index (χ0) is 27.7. The molecule has 0 radical (unpaired) electrons. The van der Waals surface area contributed by atoms with Gasteiger partial charge in [-0.25, -0.2) is 0 Å². The molecule has 0 bridgehead atoms. The lowest BCUT2D eigenvalue weighted by Crippen LogP contribution is -2.59. The van der Waals surface area contributed by atoms with Gasteiger partial charge in [-0.3, -0.25) is 9.59 Å². The van der Waals surface area contributed by atoms with Gasteiger partial charge in [0.15, 0.2) is 17.3 Å². The fourth-order valence-corrected chi connectivity index (χ4v) is 3.91. The smallest absolute Gasteiger partial charge is 0.317 e. The lowest BCUT2D eigenvalue weighted by Gasteiger charge is -2.40. The Bertz CT molecular complexity index is 1270. The fraction of sp³-hybridized carbons (Fsp3) is 0.333. The normalized spacial score (nSPS) is 24.8. The van der Waals surface area contributed by atoms with E-state index in [0.717, 1.165) is 12.1 Å². The van der Waals surface area contributed by atoms with Crippen LogP contribution in [0.1, 0.15) is 17.5 Å². The van der Waals surface area contributed by atoms with Gasteiger partial charge in [0.25, 0.3) is 0 Å². The van der Waals surface area contributed by atoms with Crippen LogP contribution < -0.4 is 4.74 Å². The van der Waals surface area contributed by atoms with Crippen molar-refractivity contribution in [1.82, 2.24) is 0 Å². The maximum Gasteiger partial charge on any atom is 0.317 e. The van der Waals surface area contributed by atoms with Gasteiger partial charge in [-0.05, 0) is 18.2 Å². The van der Waals surface area contributed by atoms with Gasteiger partial charge in [0.05, 0.1) is 0 Å². The summed E-state index contributed by atoms with van der Waals surface area (Å²) in [7, 11) is 0. The molecule has 5 atom stereocenters. The zero-order valence-electron chi connectivity index (χ0n) is 19.4. The molecule has 1 fully saturated rings. The molecule has 2 heterocycles. The summed E-state index contributed by atoms with van der Waals surface area (Å²) in [5.74, 6) is -4.26. The predicted molar refractivity (Wildman–Crippen MR) is 122 cm³/mol. The third-order valence-electron chi connectivity index (χ3n) is 5.84. The second-order valence-electron chi connectivity index (χ2n) is 8.56. The van der Waals surface area contributed by atoms with Crippen LogP contribution >= 0.6 is 0 Å². The van der Waals surface area contributed by atoms with E-state index in [1.54, 1.807) is 0 Å². The van der Waals surface area contributed by atoms with Gasteiger partial charge < -0.3 is 59.8 Å². The Morgan fingerprint density at radius 1 is 0.921 bits per heavy atom. The second kappa shape index (κ2) is 10.6. The SMILES string of the molecule is O=C(O)CC(=O)OC[C@H]1O[C@@H](OC2=C(c3ccc(O)c(O)c3)Oc3cc(O)cc(O)c3C2)[C@H](O)[C@@H](O)[C@@H]1O. The third kappa shape index (κ3) is 5.52. The maximum atomic E-state index is 11.6. The molecule has 14 nitrogen and oxygen atoms in total. The van der Waals surface area contributed by atoms with Crippen LogP contribution in [0.5, 0.6) is 28.7 Å². The minimum Gasteiger partial charge on any atom is -0.508 e. The summed E-state index contributed by atoms with van der Waals surface area (Å²) in [5.41, 5.74) is 0.350. The summed E-state index contributed by atoms with van der Waals surface area (Å²) in [6.07, 6.45) is -9.65. The van der Waals surface area contributed by atoms with E-state index in [2.05, 4.69) is 0 Å². The molecule has 0 aliphatic carbocycles. The molecule has 38 heavy (non-hydrogen) atoms. The van der Waals surface area contributed by atoms with Crippen molar-refractivity contribution in [3.8, 4) is 28.7 Å². The monoisotopic (exact) mass is 536 g/mol. The van der Waals surface area contributed by atoms with Gasteiger partial charge in [0.1, 0.15) is 60.5 Å². The average molecular weight is 536 g/mol. The van der Waals surface area contributed by atoms with Crippen molar-refractivity contribution >= 4 is 17.7 Å². The summed E-state index contributed by atoms with van der Waals surface area (Å²) in [6.45, 7) is -0.673. The number of hydrogen-bond donors (Lipinski definition) is 8. The van der Waals surface area contributed by atoms with Crippen LogP contribution in [0, 0.1) is 0 Å². The number of rotatable bonds is 7. The molecule has 2 aliphatic heterocycles. The number of carboxylic acids is 1. The maximum absolute atomic E-state index is 11.6. The molecule has 2 aliphatic rings. The first kappa shape index (κ1) is 26.8. The van der Waals surface area contributed by atoms with E-state index in [1.807, 2.05) is 0 Å². The topological polar surface area (TPSA) is 233 Å². The second-order valence-corrected chi connectivity index (χ2v) is 8.56. The molecule has 0 saturated carbocycles. The number of aliphatic carboxylic acids is 1. The lowest BCUT2D eigenvalue weighted by atomic mass is 9.98. The molecule has 2 aromatic carbocycles. The van der Waals surface area contributed by atoms with E-state index < -0.39 is 67.2 Å². The number of aromatic hydroxyl groups is 4. The molecule has 8 N–H and O–H groups in total. The number of carboxylic acid groups (broad SMARTS) is 1. The lowest BCUT2D eigenvalue weighted by molar-refractivity contribution is -0.292. The molecule has 14 heteroatoms. The quantitative estimate of drug-likeness (QED) is 0.128. The first-order valence-electron chi connectivity index (χ1n) is 11.2. The minimum absolute atomic E-state index is 0.0428. The van der Waals surface area contributed by atoms with Crippen molar-refractivity contribution in [2.75, 3.05) is 6.61 Å². The number of phenolic OH excluding ortho intramolecular Hbond substituents is 4. The number of carbonyl (C=O) groups excluding carboxylic acids is 1. The predicted octanol–water partition coefficient (Wildman–Crippen LogP) is -0.345. The van der Waals surface area contributed by atoms with E-state index in [0.29, 0.717) is 0 Å². The van der Waals surface area contributed by atoms with E-state index in [1.165, 1.54) is 18.2 Å². The van der Waals surface area contributed by atoms with E-state index in [-0.39, 0.29) is 46.3 Å². The number of hydrogen-bond acceptors (Lipinski definition) is 13. The van der Waals surface area contributed by atoms with Crippen molar-refractivity contribution in [2.45, 2.75) is 43.5 Å². The van der Waals surface area contributed by atoms with Crippen molar-refractivity contribution in [3.05, 3.63) is 47.2 Å². The number of esters is 1. The molecular weight excluding hydrogens is 512 g/mol. The van der Waals surface area contributed by atoms with Gasteiger partial charge in [0, 0.05) is 29.7 Å². The van der Waals surface area contributed by atoms with Crippen molar-refractivity contribution < 1.29 is 69.4 Å². The molecule has 4 rings (SSSR count). The van der Waals surface area contributed by atoms with Gasteiger partial charge in [-0.1, -0.05) is 0 Å². The van der Waals surface area contributed by atoms with Crippen LogP contribution in [0.2, 0.25) is 0 Å². The zero-order valence-corrected chi connectivity index (χ0v) is 19.4. The number of phenols is 4. The summed E-state index contributed by atoms with van der Waals surface area (Å²) < 4.78 is 21.9. The highest BCUT2D eigenvalue weighted by Crippen LogP contribution is 2.43. The molecule has 0 amide bonds. The molecule has 2 aromatic rings. The number of fused-ring (bicyclic) bond motifs is 1. The number of carbonyl (C=O) groups is 2. The number of aliphatic hydroxyl groups is 3. The summed E-state index contributed by atoms with van der Waals surface area (Å²) in [5, 5.41) is 79.6. The van der Waals surface area contributed by atoms with Crippen LogP contribution in [-0.2, 0) is 30.2 Å². The number of allylic oxidation sites excluding steroid dienone is 1. The van der Waals surface area contributed by atoms with Crippen LogP contribution in [0.4, 0.5) is 0 Å². The summed E-state index contributed by atoms with van der Waals surface area (Å²) >= 11 is 0. The van der Waals surface area contributed by atoms with Crippen LogP contribution in [0.3, 0.4) is 0 Å². The van der Waals surface area contributed by atoms with Crippen molar-refractivity contribution in [1.29, 1.82) is 0 Å². The van der Waals surface area contributed by atoms with Crippen LogP contribution in [-0.4, -0.2) is 90.1 Å². The number of aliphatic hydroxyl groups excluding tert-OH is 3. The largest absolute Gasteiger partial charge is 0.508 e. The Morgan fingerprint density at radius 3 is 2.34 bits per heavy atom. The molecule has 1 saturated heterocycles. The number of ether oxygens (including phenoxy) is 4. The highest BCUT2D eigenvalue weighted by atomic mass is 16.7. The Hall–Kier alpha value is -4.24. The van der Waals surface area contributed by atoms with Gasteiger partial charge in [-0.15, -0.1) is 0 Å².